The number of allylic oxidation sites excluding steroid dienone is 1. The molecule has 78 heavy (non-hydrogen) atoms. The van der Waals surface area contributed by atoms with Gasteiger partial charge >= 0.3 is 22.1 Å². The van der Waals surface area contributed by atoms with Crippen molar-refractivity contribution in [3.63, 3.8) is 0 Å². The number of aryl methyl sites for hydroxylation is 1. The van der Waals surface area contributed by atoms with Gasteiger partial charge in [0.25, 0.3) is 11.8 Å². The molecule has 398 valence electrons. The van der Waals surface area contributed by atoms with Crippen molar-refractivity contribution in [3.05, 3.63) is 244 Å². The molecular weight excluding hydrogens is 1050 g/mol. The van der Waals surface area contributed by atoms with Gasteiger partial charge in [-0.05, 0) is 79.3 Å². The summed E-state index contributed by atoms with van der Waals surface area (Å²) in [5, 5.41) is 11.0. The highest BCUT2D eigenvalue weighted by atomic mass is 32.2. The monoisotopic (exact) mass is 1100 g/mol. The average molecular weight is 1100 g/mol. The van der Waals surface area contributed by atoms with E-state index in [-0.39, 0.29) is 21.9 Å². The number of anilines is 1. The zero-order valence-electron chi connectivity index (χ0n) is 42.7. The summed E-state index contributed by atoms with van der Waals surface area (Å²) in [6, 6.07) is 51.6. The molecule has 0 radical (unpaired) electrons. The Labute approximate surface area is 458 Å². The number of amides is 2. The number of esters is 2. The van der Waals surface area contributed by atoms with E-state index in [4.69, 9.17) is 23.5 Å². The zero-order valence-corrected chi connectivity index (χ0v) is 45.1. The molecule has 0 saturated carbocycles. The smallest absolute Gasteiger partial charge is 0.356 e. The van der Waals surface area contributed by atoms with Gasteiger partial charge in [0.15, 0.2) is 16.9 Å². The van der Waals surface area contributed by atoms with Gasteiger partial charge in [-0.25, -0.2) is 14.6 Å². The molecule has 3 atom stereocenters. The average Bonchev–Trinajstić information content (AvgIpc) is 4.01. The van der Waals surface area contributed by atoms with Crippen LogP contribution in [0.15, 0.2) is 215 Å². The highest BCUT2D eigenvalue weighted by Crippen LogP contribution is 2.42. The topological polar surface area (TPSA) is 209 Å². The highest BCUT2D eigenvalue weighted by Gasteiger charge is 2.58. The fourth-order valence-corrected chi connectivity index (χ4v) is 12.1. The lowest BCUT2D eigenvalue weighted by Gasteiger charge is -2.49. The van der Waals surface area contributed by atoms with Crippen LogP contribution in [0, 0.1) is 6.92 Å². The lowest BCUT2D eigenvalue weighted by molar-refractivity contribution is -0.160. The summed E-state index contributed by atoms with van der Waals surface area (Å²) in [6.45, 7) is 6.15. The Morgan fingerprint density at radius 2 is 1.32 bits per heavy atom. The Hall–Kier alpha value is -8.52. The molecule has 9 rings (SSSR count). The summed E-state index contributed by atoms with van der Waals surface area (Å²) in [4.78, 5) is 68.0. The number of rotatable bonds is 19. The largest absolute Gasteiger partial charge is 0.457 e. The van der Waals surface area contributed by atoms with Crippen LogP contribution in [-0.2, 0) is 64.1 Å². The summed E-state index contributed by atoms with van der Waals surface area (Å²) in [6.07, 6.45) is 1.01. The van der Waals surface area contributed by atoms with E-state index < -0.39 is 91.4 Å². The Balaban J connectivity index is 1.05. The van der Waals surface area contributed by atoms with Crippen LogP contribution in [0.25, 0.3) is 0 Å². The Morgan fingerprint density at radius 1 is 0.795 bits per heavy atom. The molecule has 6 aromatic carbocycles. The van der Waals surface area contributed by atoms with Crippen LogP contribution in [0.2, 0.25) is 0 Å². The SMILES string of the molecule is Cc1ccc(S(=O)(=O)O/C=C/C2=C(C(=O)OC(c3ccccc3)c3ccccc3)N3C(=O)C(NC(=O)/C(=N\OCC(=O)OC(C)(C)C)c4csc(NC(c5ccccc5)(c5ccccc5)c5ccccc5)n4)C3S(=O)C2)cc1. The number of nitrogens with one attached hydrogen (secondary N) is 2. The number of hydrogen-bond donors (Lipinski definition) is 2. The van der Waals surface area contributed by atoms with Crippen LogP contribution in [-0.4, -0.2) is 81.4 Å². The summed E-state index contributed by atoms with van der Waals surface area (Å²) >= 11 is 1.16. The van der Waals surface area contributed by atoms with Crippen LogP contribution in [0.4, 0.5) is 5.13 Å². The van der Waals surface area contributed by atoms with Gasteiger partial charge in [-0.1, -0.05) is 175 Å². The number of carbonyl (C=O) groups excluding carboxylic acids is 4. The lowest BCUT2D eigenvalue weighted by Crippen LogP contribution is -2.74. The minimum absolute atomic E-state index is 0.00860. The molecule has 0 spiro atoms. The Morgan fingerprint density at radius 3 is 1.85 bits per heavy atom. The van der Waals surface area contributed by atoms with E-state index in [1.54, 1.807) is 106 Å². The molecule has 7 aromatic rings. The van der Waals surface area contributed by atoms with Crippen molar-refractivity contribution in [1.82, 2.24) is 15.2 Å². The maximum absolute atomic E-state index is 14.7. The highest BCUT2D eigenvalue weighted by molar-refractivity contribution is 7.87. The fourth-order valence-electron chi connectivity index (χ4n) is 8.93. The molecule has 2 aliphatic heterocycles. The molecule has 19 heteroatoms. The van der Waals surface area contributed by atoms with Gasteiger partial charge in [-0.15, -0.1) is 11.3 Å². The predicted octanol–water partition coefficient (Wildman–Crippen LogP) is 8.84. The molecule has 2 aliphatic rings. The van der Waals surface area contributed by atoms with Crippen molar-refractivity contribution in [3.8, 4) is 0 Å². The third kappa shape index (κ3) is 12.0. The van der Waals surface area contributed by atoms with Crippen LogP contribution < -0.4 is 10.6 Å². The molecule has 1 aromatic heterocycles. The van der Waals surface area contributed by atoms with Crippen molar-refractivity contribution >= 4 is 66.9 Å². The molecule has 2 amide bonds. The van der Waals surface area contributed by atoms with E-state index in [9.17, 15) is 31.8 Å². The van der Waals surface area contributed by atoms with Gasteiger partial charge in [-0.3, -0.25) is 18.7 Å². The first-order valence-corrected chi connectivity index (χ1v) is 28.2. The number of aromatic nitrogens is 1. The molecule has 2 N–H and O–H groups in total. The second kappa shape index (κ2) is 23.4. The number of nitrogens with zero attached hydrogens (tertiary/aromatic N) is 3. The lowest BCUT2D eigenvalue weighted by atomic mass is 9.77. The summed E-state index contributed by atoms with van der Waals surface area (Å²) in [5.41, 5.74) is 1.96. The number of benzene rings is 6. The molecule has 0 bridgehead atoms. The summed E-state index contributed by atoms with van der Waals surface area (Å²) in [5.74, 6) is -4.02. The molecule has 1 saturated heterocycles. The maximum Gasteiger partial charge on any atom is 0.356 e. The number of fused-ring (bicyclic) bond motifs is 1. The normalized spacial score (nSPS) is 16.7. The summed E-state index contributed by atoms with van der Waals surface area (Å²) in [7, 11) is -6.38. The fraction of sp³-hybridized carbons (Fsp3) is 0.186. The van der Waals surface area contributed by atoms with Gasteiger partial charge in [0.2, 0.25) is 6.61 Å². The van der Waals surface area contributed by atoms with Gasteiger partial charge in [0.1, 0.15) is 45.1 Å². The van der Waals surface area contributed by atoms with Crippen LogP contribution >= 0.6 is 11.3 Å². The van der Waals surface area contributed by atoms with Crippen LogP contribution in [0.3, 0.4) is 0 Å². The Kier molecular flexibility index (Phi) is 16.3. The summed E-state index contributed by atoms with van der Waals surface area (Å²) < 4.78 is 57.7. The van der Waals surface area contributed by atoms with E-state index in [0.29, 0.717) is 16.3 Å². The molecular formula is C59H53N5O11S3. The van der Waals surface area contributed by atoms with Crippen LogP contribution in [0.1, 0.15) is 65.9 Å². The van der Waals surface area contributed by atoms with E-state index >= 15 is 0 Å². The molecule has 0 aliphatic carbocycles. The molecule has 16 nitrogen and oxygen atoms in total. The number of thiazole rings is 1. The first-order valence-electron chi connectivity index (χ1n) is 24.6. The van der Waals surface area contributed by atoms with Crippen molar-refractivity contribution in [1.29, 1.82) is 0 Å². The molecule has 1 fully saturated rings. The van der Waals surface area contributed by atoms with Gasteiger partial charge in [0.05, 0.1) is 16.6 Å². The van der Waals surface area contributed by atoms with Crippen molar-refractivity contribution in [2.45, 2.75) is 61.3 Å². The third-order valence-corrected chi connectivity index (χ3v) is 16.0. The minimum Gasteiger partial charge on any atom is -0.457 e. The number of oxime groups is 1. The molecule has 3 heterocycles. The van der Waals surface area contributed by atoms with Gasteiger partial charge in [-0.2, -0.15) is 8.42 Å². The predicted molar refractivity (Wildman–Crippen MR) is 295 cm³/mol. The minimum atomic E-state index is -4.35. The van der Waals surface area contributed by atoms with Gasteiger partial charge < -0.3 is 29.1 Å². The zero-order chi connectivity index (χ0) is 55.0. The van der Waals surface area contributed by atoms with Crippen molar-refractivity contribution in [2.75, 3.05) is 17.7 Å². The molecule has 3 unspecified atom stereocenters. The number of ether oxygens (including phenoxy) is 2. The number of β-lactam (4-membered cyclic amide) rings is 1. The number of hydrogen-bond acceptors (Lipinski definition) is 15. The van der Waals surface area contributed by atoms with E-state index in [0.717, 1.165) is 50.8 Å². The third-order valence-electron chi connectivity index (χ3n) is 12.5. The first kappa shape index (κ1) is 54.3. The van der Waals surface area contributed by atoms with E-state index in [2.05, 4.69) is 15.8 Å². The number of carbonyl (C=O) groups is 4. The quantitative estimate of drug-likeness (QED) is 0.0148. The standard InChI is InChI=1S/C59H53N5O11S3/c1-39-30-32-46(33-31-39)78(70,71)73-35-34-42-38-77(69)55-50(54(67)64(55)51(42)56(68)74-52(40-20-10-5-11-21-40)41-22-12-6-13-23-41)61-53(66)49(63-72-36-48(65)75-58(2,3)4)47-37-76-57(60-47)62-59(43-24-14-7-15-25-43,44-26-16-8-17-27-44)45-28-18-9-19-29-45/h5-35,37,50,52,55H,36,38H2,1-4H3,(H,60,62)(H,61,66)/b35-34+,63-49-. The van der Waals surface area contributed by atoms with Crippen LogP contribution in [0.5, 0.6) is 0 Å². The van der Waals surface area contributed by atoms with Crippen molar-refractivity contribution in [2.24, 2.45) is 5.16 Å². The Bertz CT molecular complexity index is 3400. The first-order chi connectivity index (χ1) is 37.5. The second-order valence-corrected chi connectivity index (χ2v) is 23.0. The maximum atomic E-state index is 14.7. The van der Waals surface area contributed by atoms with Crippen molar-refractivity contribution < 1.29 is 50.3 Å². The second-order valence-electron chi connectivity index (χ2n) is 19.0. The van der Waals surface area contributed by atoms with Gasteiger partial charge in [0, 0.05) is 5.38 Å². The van der Waals surface area contributed by atoms with E-state index in [1.165, 1.54) is 12.1 Å². The van der Waals surface area contributed by atoms with E-state index in [1.807, 2.05) is 91.0 Å².